The van der Waals surface area contributed by atoms with Crippen molar-refractivity contribution < 1.29 is 9.53 Å². The Morgan fingerprint density at radius 3 is 2.96 bits per heavy atom. The fourth-order valence-electron chi connectivity index (χ4n) is 4.13. The van der Waals surface area contributed by atoms with Crippen molar-refractivity contribution in [1.82, 2.24) is 24.6 Å². The molecule has 28 heavy (non-hydrogen) atoms. The number of hydrogen-bond donors (Lipinski definition) is 1. The number of methoxy groups -OCH3 is 1. The molecule has 7 heteroatoms. The Hall–Kier alpha value is -2.83. The number of aromatic amines is 1. The summed E-state index contributed by atoms with van der Waals surface area (Å²) in [7, 11) is 1.64. The lowest BCUT2D eigenvalue weighted by Gasteiger charge is -2.15. The van der Waals surface area contributed by atoms with Crippen molar-refractivity contribution in [2.75, 3.05) is 20.2 Å². The molecule has 146 valence electrons. The van der Waals surface area contributed by atoms with Gasteiger partial charge in [-0.15, -0.1) is 10.2 Å². The lowest BCUT2D eigenvalue weighted by molar-refractivity contribution is 0.0782. The third-order valence-corrected chi connectivity index (χ3v) is 5.95. The Labute approximate surface area is 163 Å². The van der Waals surface area contributed by atoms with Crippen LogP contribution in [-0.4, -0.2) is 50.8 Å². The quantitative estimate of drug-likeness (QED) is 0.715. The normalized spacial score (nSPS) is 19.5. The first-order valence-corrected chi connectivity index (χ1v) is 10.0. The number of nitrogens with zero attached hydrogens (tertiary/aromatic N) is 4. The first-order chi connectivity index (χ1) is 13.7. The fourth-order valence-corrected chi connectivity index (χ4v) is 4.13. The van der Waals surface area contributed by atoms with Crippen LogP contribution < -0.4 is 4.74 Å². The molecular formula is C21H25N5O2. The van der Waals surface area contributed by atoms with E-state index in [9.17, 15) is 4.79 Å². The maximum Gasteiger partial charge on any atom is 0.270 e. The van der Waals surface area contributed by atoms with Crippen molar-refractivity contribution in [1.29, 1.82) is 0 Å². The van der Waals surface area contributed by atoms with Crippen LogP contribution in [0.5, 0.6) is 5.75 Å². The van der Waals surface area contributed by atoms with Gasteiger partial charge in [0.2, 0.25) is 0 Å². The summed E-state index contributed by atoms with van der Waals surface area (Å²) in [6, 6.07) is 7.73. The number of carbonyl (C=O) groups excluding carboxylic acids is 1. The minimum atomic E-state index is 0.0668. The number of rotatable bonds is 6. The highest BCUT2D eigenvalue weighted by Gasteiger charge is 2.30. The molecule has 1 atom stereocenters. The number of ether oxygens (including phenoxy) is 1. The smallest absolute Gasteiger partial charge is 0.270 e. The first-order valence-electron chi connectivity index (χ1n) is 10.0. The van der Waals surface area contributed by atoms with Gasteiger partial charge in [0.1, 0.15) is 23.6 Å². The molecule has 1 aliphatic heterocycles. The number of hydrogen-bond acceptors (Lipinski definition) is 4. The highest BCUT2D eigenvalue weighted by molar-refractivity contribution is 5.98. The summed E-state index contributed by atoms with van der Waals surface area (Å²) in [5.74, 6) is 3.15. The second kappa shape index (κ2) is 6.96. The lowest BCUT2D eigenvalue weighted by Crippen LogP contribution is -2.29. The highest BCUT2D eigenvalue weighted by Crippen LogP contribution is 2.31. The summed E-state index contributed by atoms with van der Waals surface area (Å²) in [5.41, 5.74) is 1.56. The molecule has 5 rings (SSSR count). The number of likely N-dealkylation sites (tertiary alicyclic amines) is 1. The van der Waals surface area contributed by atoms with Gasteiger partial charge in [0.05, 0.1) is 7.11 Å². The minimum Gasteiger partial charge on any atom is -0.497 e. The maximum atomic E-state index is 13.0. The lowest BCUT2D eigenvalue weighted by atomic mass is 10.0. The fraction of sp³-hybridized carbons (Fsp3) is 0.476. The molecule has 0 radical (unpaired) electrons. The van der Waals surface area contributed by atoms with Crippen molar-refractivity contribution in [2.24, 2.45) is 11.8 Å². The van der Waals surface area contributed by atoms with Gasteiger partial charge >= 0.3 is 0 Å². The maximum absolute atomic E-state index is 13.0. The number of carbonyl (C=O) groups is 1. The van der Waals surface area contributed by atoms with E-state index < -0.39 is 0 Å². The van der Waals surface area contributed by atoms with E-state index in [-0.39, 0.29) is 5.91 Å². The van der Waals surface area contributed by atoms with Gasteiger partial charge in [-0.25, -0.2) is 0 Å². The van der Waals surface area contributed by atoms with Gasteiger partial charge in [-0.2, -0.15) is 0 Å². The average molecular weight is 379 g/mol. The van der Waals surface area contributed by atoms with Crippen LogP contribution >= 0.6 is 0 Å². The monoisotopic (exact) mass is 379 g/mol. The molecule has 1 saturated heterocycles. The van der Waals surface area contributed by atoms with Crippen molar-refractivity contribution in [3.05, 3.63) is 42.1 Å². The molecule has 1 aromatic carbocycles. The van der Waals surface area contributed by atoms with Crippen LogP contribution in [0.1, 0.15) is 35.6 Å². The number of H-pyrrole nitrogens is 1. The van der Waals surface area contributed by atoms with E-state index in [0.717, 1.165) is 60.9 Å². The predicted octanol–water partition coefficient (Wildman–Crippen LogP) is 2.88. The topological polar surface area (TPSA) is 76.0 Å². The van der Waals surface area contributed by atoms with Crippen LogP contribution in [0, 0.1) is 11.8 Å². The highest BCUT2D eigenvalue weighted by atomic mass is 16.5. The summed E-state index contributed by atoms with van der Waals surface area (Å²) in [5, 5.41) is 9.45. The molecule has 2 aromatic heterocycles. The standard InChI is InChI=1S/C21H25N5O2/c1-28-17-5-4-16-9-19(23-18(16)10-17)21(27)25-7-6-15(12-25)8-20-24-22-13-26(20)11-14-2-3-14/h4-5,9-10,13-15,23H,2-3,6-8,11-12H2,1H3. The zero-order valence-electron chi connectivity index (χ0n) is 16.1. The Kier molecular flexibility index (Phi) is 4.30. The van der Waals surface area contributed by atoms with Crippen LogP contribution in [0.2, 0.25) is 0 Å². The molecule has 1 unspecified atom stereocenters. The van der Waals surface area contributed by atoms with Crippen LogP contribution in [-0.2, 0) is 13.0 Å². The Morgan fingerprint density at radius 2 is 2.14 bits per heavy atom. The molecular weight excluding hydrogens is 354 g/mol. The van der Waals surface area contributed by atoms with Gasteiger partial charge in [-0.05, 0) is 49.3 Å². The van der Waals surface area contributed by atoms with E-state index in [2.05, 4.69) is 19.7 Å². The molecule has 7 nitrogen and oxygen atoms in total. The van der Waals surface area contributed by atoms with Crippen LogP contribution in [0.3, 0.4) is 0 Å². The second-order valence-electron chi connectivity index (χ2n) is 8.09. The molecule has 1 amide bonds. The molecule has 1 N–H and O–H groups in total. The summed E-state index contributed by atoms with van der Waals surface area (Å²) < 4.78 is 7.47. The van der Waals surface area contributed by atoms with Crippen LogP contribution in [0.25, 0.3) is 10.9 Å². The van der Waals surface area contributed by atoms with E-state index >= 15 is 0 Å². The predicted molar refractivity (Wildman–Crippen MR) is 105 cm³/mol. The van der Waals surface area contributed by atoms with E-state index in [4.69, 9.17) is 4.74 Å². The number of fused-ring (bicyclic) bond motifs is 1. The summed E-state index contributed by atoms with van der Waals surface area (Å²) in [6.07, 6.45) is 6.39. The van der Waals surface area contributed by atoms with E-state index in [1.807, 2.05) is 35.5 Å². The average Bonchev–Trinajstić information content (AvgIpc) is 3.10. The van der Waals surface area contributed by atoms with Gasteiger partial charge in [-0.1, -0.05) is 0 Å². The second-order valence-corrected chi connectivity index (χ2v) is 8.09. The molecule has 2 aliphatic rings. The van der Waals surface area contributed by atoms with Crippen molar-refractivity contribution in [3.8, 4) is 5.75 Å². The van der Waals surface area contributed by atoms with Gasteiger partial charge in [0.15, 0.2) is 0 Å². The van der Waals surface area contributed by atoms with Gasteiger partial charge in [0.25, 0.3) is 5.91 Å². The third kappa shape index (κ3) is 3.37. The van der Waals surface area contributed by atoms with Crippen molar-refractivity contribution in [3.63, 3.8) is 0 Å². The van der Waals surface area contributed by atoms with Crippen LogP contribution in [0.4, 0.5) is 0 Å². The number of aromatic nitrogens is 4. The van der Waals surface area contributed by atoms with Crippen molar-refractivity contribution >= 4 is 16.8 Å². The summed E-state index contributed by atoms with van der Waals surface area (Å²) >= 11 is 0. The summed E-state index contributed by atoms with van der Waals surface area (Å²) in [6.45, 7) is 2.60. The molecule has 2 fully saturated rings. The van der Waals surface area contributed by atoms with Gasteiger partial charge in [0, 0.05) is 43.0 Å². The zero-order valence-corrected chi connectivity index (χ0v) is 16.1. The zero-order chi connectivity index (χ0) is 19.1. The molecule has 3 heterocycles. The third-order valence-electron chi connectivity index (χ3n) is 5.95. The summed E-state index contributed by atoms with van der Waals surface area (Å²) in [4.78, 5) is 18.2. The van der Waals surface area contributed by atoms with Gasteiger partial charge < -0.3 is 19.2 Å². The molecule has 1 saturated carbocycles. The first kappa shape index (κ1) is 17.3. The Balaban J connectivity index is 1.25. The van der Waals surface area contributed by atoms with E-state index in [0.29, 0.717) is 11.6 Å². The van der Waals surface area contributed by atoms with Gasteiger partial charge in [-0.3, -0.25) is 4.79 Å². The molecule has 0 bridgehead atoms. The van der Waals surface area contributed by atoms with E-state index in [1.54, 1.807) is 7.11 Å². The molecule has 0 spiro atoms. The van der Waals surface area contributed by atoms with Crippen molar-refractivity contribution in [2.45, 2.75) is 32.2 Å². The Morgan fingerprint density at radius 1 is 1.25 bits per heavy atom. The minimum absolute atomic E-state index is 0.0668. The largest absolute Gasteiger partial charge is 0.497 e. The number of amides is 1. The van der Waals surface area contributed by atoms with E-state index in [1.165, 1.54) is 12.8 Å². The number of nitrogens with one attached hydrogen (secondary N) is 1. The molecule has 1 aliphatic carbocycles. The Bertz CT molecular complexity index is 1000. The number of benzene rings is 1. The SMILES string of the molecule is COc1ccc2cc(C(=O)N3CCC(Cc4nncn4CC4CC4)C3)[nH]c2c1. The van der Waals surface area contributed by atoms with Crippen LogP contribution in [0.15, 0.2) is 30.6 Å². The molecule has 3 aromatic rings.